The summed E-state index contributed by atoms with van der Waals surface area (Å²) in [7, 11) is 0. The molecule has 0 saturated carbocycles. The molecule has 1 aliphatic rings. The van der Waals surface area contributed by atoms with Crippen LogP contribution in [0.4, 0.5) is 0 Å². The van der Waals surface area contributed by atoms with Crippen LogP contribution in [-0.4, -0.2) is 26.0 Å². The van der Waals surface area contributed by atoms with Crippen molar-refractivity contribution < 1.29 is 9.32 Å². The number of benzene rings is 1. The predicted molar refractivity (Wildman–Crippen MR) is 86.1 cm³/mol. The monoisotopic (exact) mass is 323 g/mol. The highest BCUT2D eigenvalue weighted by Gasteiger charge is 2.18. The van der Waals surface area contributed by atoms with E-state index in [2.05, 4.69) is 25.4 Å². The van der Waals surface area contributed by atoms with Crippen LogP contribution in [0, 0.1) is 0 Å². The second-order valence-electron chi connectivity index (χ2n) is 5.79. The zero-order valence-corrected chi connectivity index (χ0v) is 13.1. The summed E-state index contributed by atoms with van der Waals surface area (Å²) in [6, 6.07) is 9.38. The molecule has 0 aliphatic heterocycles. The number of aryl methyl sites for hydroxylation is 2. The minimum absolute atomic E-state index is 0.0508. The van der Waals surface area contributed by atoms with Crippen LogP contribution in [0.1, 0.15) is 40.7 Å². The molecule has 7 nitrogen and oxygen atoms in total. The van der Waals surface area contributed by atoms with Crippen LogP contribution in [0.25, 0.3) is 11.4 Å². The SMILES string of the molecule is O=C(NCc1nc2c([nH]1)CCCC2)c1nc(-c2ccccc2)no1. The fourth-order valence-corrected chi connectivity index (χ4v) is 2.86. The standard InChI is InChI=1S/C17H17N5O2/c23-16(17-21-15(22-24-17)11-6-2-1-3-7-11)18-10-14-19-12-8-4-5-9-13(12)20-14/h1-3,6-7H,4-5,8-10H2,(H,18,23)(H,19,20). The Bertz CT molecular complexity index is 830. The Labute approximate surface area is 138 Å². The number of carbonyl (C=O) groups excluding carboxylic acids is 1. The van der Waals surface area contributed by atoms with E-state index in [0.29, 0.717) is 12.4 Å². The molecule has 0 fully saturated rings. The summed E-state index contributed by atoms with van der Waals surface area (Å²) in [6.07, 6.45) is 4.39. The maximum Gasteiger partial charge on any atom is 0.316 e. The Morgan fingerprint density at radius 2 is 2.00 bits per heavy atom. The average Bonchev–Trinajstić information content (AvgIpc) is 3.27. The van der Waals surface area contributed by atoms with Gasteiger partial charge in [0.2, 0.25) is 5.82 Å². The fourth-order valence-electron chi connectivity index (χ4n) is 2.86. The molecule has 2 heterocycles. The molecule has 0 saturated heterocycles. The van der Waals surface area contributed by atoms with Gasteiger partial charge in [-0.25, -0.2) is 4.98 Å². The number of imidazole rings is 1. The summed E-state index contributed by atoms with van der Waals surface area (Å²) in [4.78, 5) is 24.1. The first-order chi connectivity index (χ1) is 11.8. The van der Waals surface area contributed by atoms with Crippen LogP contribution >= 0.6 is 0 Å². The number of H-pyrrole nitrogens is 1. The molecule has 3 aromatic rings. The third-order valence-corrected chi connectivity index (χ3v) is 4.07. The molecule has 1 aliphatic carbocycles. The van der Waals surface area contributed by atoms with Crippen LogP contribution in [0.5, 0.6) is 0 Å². The van der Waals surface area contributed by atoms with Crippen molar-refractivity contribution in [1.82, 2.24) is 25.4 Å². The number of nitrogens with one attached hydrogen (secondary N) is 2. The van der Waals surface area contributed by atoms with Gasteiger partial charge >= 0.3 is 11.8 Å². The largest absolute Gasteiger partial charge is 0.344 e. The van der Waals surface area contributed by atoms with Crippen molar-refractivity contribution in [1.29, 1.82) is 0 Å². The van der Waals surface area contributed by atoms with E-state index in [1.165, 1.54) is 18.5 Å². The second-order valence-corrected chi connectivity index (χ2v) is 5.79. The molecule has 4 rings (SSSR count). The van der Waals surface area contributed by atoms with Gasteiger partial charge in [-0.15, -0.1) is 0 Å². The van der Waals surface area contributed by atoms with Crippen molar-refractivity contribution in [3.05, 3.63) is 53.4 Å². The summed E-state index contributed by atoms with van der Waals surface area (Å²) >= 11 is 0. The first kappa shape index (κ1) is 14.6. The molecular weight excluding hydrogens is 306 g/mol. The minimum atomic E-state index is -0.404. The van der Waals surface area contributed by atoms with Crippen LogP contribution in [-0.2, 0) is 19.4 Å². The smallest absolute Gasteiger partial charge is 0.316 e. The summed E-state index contributed by atoms with van der Waals surface area (Å²) < 4.78 is 5.05. The van der Waals surface area contributed by atoms with Gasteiger partial charge in [0.15, 0.2) is 0 Å². The Morgan fingerprint density at radius 3 is 2.83 bits per heavy atom. The Morgan fingerprint density at radius 1 is 1.17 bits per heavy atom. The van der Waals surface area contributed by atoms with Crippen molar-refractivity contribution in [3.8, 4) is 11.4 Å². The lowest BCUT2D eigenvalue weighted by Gasteiger charge is -2.07. The molecule has 2 aromatic heterocycles. The van der Waals surface area contributed by atoms with E-state index in [4.69, 9.17) is 4.52 Å². The van der Waals surface area contributed by atoms with E-state index in [1.54, 1.807) is 0 Å². The highest BCUT2D eigenvalue weighted by Crippen LogP contribution is 2.18. The first-order valence-electron chi connectivity index (χ1n) is 8.03. The molecular formula is C17H17N5O2. The van der Waals surface area contributed by atoms with E-state index < -0.39 is 5.91 Å². The highest BCUT2D eigenvalue weighted by atomic mass is 16.5. The van der Waals surface area contributed by atoms with Gasteiger partial charge < -0.3 is 14.8 Å². The van der Waals surface area contributed by atoms with Crippen LogP contribution in [0.3, 0.4) is 0 Å². The van der Waals surface area contributed by atoms with Crippen molar-refractivity contribution >= 4 is 5.91 Å². The lowest BCUT2D eigenvalue weighted by atomic mass is 10.0. The van der Waals surface area contributed by atoms with Gasteiger partial charge in [0.05, 0.1) is 12.2 Å². The van der Waals surface area contributed by atoms with Gasteiger partial charge in [0.1, 0.15) is 5.82 Å². The van der Waals surface area contributed by atoms with Gasteiger partial charge in [-0.1, -0.05) is 35.5 Å². The Kier molecular flexibility index (Phi) is 3.82. The topological polar surface area (TPSA) is 96.7 Å². The Balaban J connectivity index is 1.41. The molecule has 0 radical (unpaired) electrons. The lowest BCUT2D eigenvalue weighted by molar-refractivity contribution is 0.0906. The lowest BCUT2D eigenvalue weighted by Crippen LogP contribution is -2.23. The van der Waals surface area contributed by atoms with E-state index in [9.17, 15) is 4.79 Å². The van der Waals surface area contributed by atoms with E-state index in [-0.39, 0.29) is 5.89 Å². The van der Waals surface area contributed by atoms with Gasteiger partial charge in [0.25, 0.3) is 0 Å². The third kappa shape index (κ3) is 2.92. The van der Waals surface area contributed by atoms with Gasteiger partial charge in [-0.3, -0.25) is 4.79 Å². The number of rotatable bonds is 4. The summed E-state index contributed by atoms with van der Waals surface area (Å²) in [5.41, 5.74) is 3.11. The van der Waals surface area contributed by atoms with Crippen molar-refractivity contribution in [3.63, 3.8) is 0 Å². The number of aromatic nitrogens is 4. The number of hydrogen-bond donors (Lipinski definition) is 2. The van der Waals surface area contributed by atoms with Crippen molar-refractivity contribution in [2.45, 2.75) is 32.2 Å². The van der Waals surface area contributed by atoms with E-state index in [0.717, 1.165) is 29.9 Å². The summed E-state index contributed by atoms with van der Waals surface area (Å²) in [5.74, 6) is 0.705. The molecule has 0 bridgehead atoms. The summed E-state index contributed by atoms with van der Waals surface area (Å²) in [6.45, 7) is 0.314. The normalized spacial score (nSPS) is 13.5. The Hall–Kier alpha value is -2.96. The number of carbonyl (C=O) groups is 1. The van der Waals surface area contributed by atoms with Crippen LogP contribution < -0.4 is 5.32 Å². The molecule has 2 N–H and O–H groups in total. The molecule has 122 valence electrons. The van der Waals surface area contributed by atoms with Crippen LogP contribution in [0.15, 0.2) is 34.9 Å². The summed E-state index contributed by atoms with van der Waals surface area (Å²) in [5, 5.41) is 6.61. The van der Waals surface area contributed by atoms with Gasteiger partial charge in [0, 0.05) is 11.3 Å². The number of nitrogens with zero attached hydrogens (tertiary/aromatic N) is 3. The number of hydrogen-bond acceptors (Lipinski definition) is 5. The van der Waals surface area contributed by atoms with E-state index >= 15 is 0 Å². The van der Waals surface area contributed by atoms with Crippen molar-refractivity contribution in [2.75, 3.05) is 0 Å². The van der Waals surface area contributed by atoms with E-state index in [1.807, 2.05) is 30.3 Å². The first-order valence-corrected chi connectivity index (χ1v) is 8.03. The zero-order valence-electron chi connectivity index (χ0n) is 13.1. The quantitative estimate of drug-likeness (QED) is 0.767. The predicted octanol–water partition coefficient (Wildman–Crippen LogP) is 2.27. The maximum atomic E-state index is 12.2. The van der Waals surface area contributed by atoms with Crippen LogP contribution in [0.2, 0.25) is 0 Å². The zero-order chi connectivity index (χ0) is 16.4. The van der Waals surface area contributed by atoms with Gasteiger partial charge in [-0.2, -0.15) is 4.98 Å². The molecule has 24 heavy (non-hydrogen) atoms. The molecule has 0 atom stereocenters. The minimum Gasteiger partial charge on any atom is -0.344 e. The van der Waals surface area contributed by atoms with Gasteiger partial charge in [-0.05, 0) is 25.7 Å². The third-order valence-electron chi connectivity index (χ3n) is 4.07. The highest BCUT2D eigenvalue weighted by molar-refractivity contribution is 5.89. The molecule has 1 aromatic carbocycles. The molecule has 0 spiro atoms. The number of fused-ring (bicyclic) bond motifs is 1. The second kappa shape index (κ2) is 6.27. The number of aromatic amines is 1. The molecule has 7 heteroatoms. The fraction of sp³-hybridized carbons (Fsp3) is 0.294. The average molecular weight is 323 g/mol. The maximum absolute atomic E-state index is 12.2. The molecule has 1 amide bonds. The molecule has 0 unspecified atom stereocenters. The number of amides is 1. The van der Waals surface area contributed by atoms with Crippen molar-refractivity contribution in [2.24, 2.45) is 0 Å².